The van der Waals surface area contributed by atoms with E-state index in [1.807, 2.05) is 13.0 Å². The normalized spacial score (nSPS) is 24.1. The second kappa shape index (κ2) is 6.47. The zero-order valence-corrected chi connectivity index (χ0v) is 13.4. The molecule has 0 bridgehead atoms. The zero-order valence-electron chi connectivity index (χ0n) is 11.9. The maximum atomic E-state index is 6.58. The van der Waals surface area contributed by atoms with E-state index in [0.29, 0.717) is 12.0 Å². The predicted molar refractivity (Wildman–Crippen MR) is 82.3 cm³/mol. The van der Waals surface area contributed by atoms with Gasteiger partial charge in [0, 0.05) is 11.6 Å². The highest BCUT2D eigenvalue weighted by Gasteiger charge is 2.31. The Kier molecular flexibility index (Phi) is 5.16. The van der Waals surface area contributed by atoms with E-state index < -0.39 is 0 Å². The molecular weight excluding hydrogens is 279 g/mol. The number of benzene rings is 1. The molecule has 1 aromatic rings. The number of hydrogen-bond donors (Lipinski definition) is 0. The number of halogens is 2. The summed E-state index contributed by atoms with van der Waals surface area (Å²) in [5.41, 5.74) is 3.52. The third-order valence-corrected chi connectivity index (χ3v) is 4.84. The van der Waals surface area contributed by atoms with Crippen LogP contribution in [0.25, 0.3) is 0 Å². The number of alkyl halides is 1. The average Bonchev–Trinajstić information content (AvgIpc) is 2.31. The molecule has 0 heterocycles. The number of ether oxygens (including phenoxy) is 1. The van der Waals surface area contributed by atoms with Crippen molar-refractivity contribution in [2.24, 2.45) is 5.92 Å². The Balaban J connectivity index is 1.94. The Bertz CT molecular complexity index is 439. The monoisotopic (exact) mass is 300 g/mol. The summed E-state index contributed by atoms with van der Waals surface area (Å²) in [5, 5.41) is 0.911. The molecule has 1 unspecified atom stereocenters. The van der Waals surface area contributed by atoms with Crippen LogP contribution in [0.2, 0.25) is 5.02 Å². The molecule has 0 radical (unpaired) electrons. The van der Waals surface area contributed by atoms with Gasteiger partial charge in [-0.2, -0.15) is 0 Å². The van der Waals surface area contributed by atoms with Gasteiger partial charge in [-0.1, -0.05) is 17.7 Å². The van der Waals surface area contributed by atoms with Crippen molar-refractivity contribution in [1.82, 2.24) is 0 Å². The summed E-state index contributed by atoms with van der Waals surface area (Å²) in [6.07, 6.45) is 3.81. The molecule has 1 aromatic carbocycles. The Morgan fingerprint density at radius 1 is 1.26 bits per heavy atom. The van der Waals surface area contributed by atoms with Gasteiger partial charge < -0.3 is 4.74 Å². The number of aryl methyl sites for hydroxylation is 2. The van der Waals surface area contributed by atoms with Crippen molar-refractivity contribution in [3.63, 3.8) is 0 Å². The van der Waals surface area contributed by atoms with Crippen LogP contribution in [0.15, 0.2) is 12.1 Å². The van der Waals surface area contributed by atoms with Crippen LogP contribution < -0.4 is 0 Å². The zero-order chi connectivity index (χ0) is 14.0. The van der Waals surface area contributed by atoms with Gasteiger partial charge in [-0.25, -0.2) is 0 Å². The van der Waals surface area contributed by atoms with Crippen LogP contribution in [0.1, 0.15) is 48.3 Å². The van der Waals surface area contributed by atoms with Crippen molar-refractivity contribution in [3.05, 3.63) is 33.8 Å². The van der Waals surface area contributed by atoms with Crippen LogP contribution in [0, 0.1) is 19.8 Å². The first-order valence-electron chi connectivity index (χ1n) is 7.03. The largest absolute Gasteiger partial charge is 0.378 e. The molecule has 0 aliphatic heterocycles. The van der Waals surface area contributed by atoms with Crippen molar-refractivity contribution < 1.29 is 4.74 Å². The summed E-state index contributed by atoms with van der Waals surface area (Å²) in [6, 6.07) is 4.15. The number of rotatable bonds is 5. The lowest BCUT2D eigenvalue weighted by Gasteiger charge is -2.36. The molecule has 0 saturated heterocycles. The molecule has 1 nitrogen and oxygen atoms in total. The molecule has 3 heteroatoms. The van der Waals surface area contributed by atoms with Crippen LogP contribution >= 0.6 is 23.2 Å². The van der Waals surface area contributed by atoms with E-state index in [1.54, 1.807) is 0 Å². The molecule has 0 aromatic heterocycles. The van der Waals surface area contributed by atoms with Gasteiger partial charge in [-0.05, 0) is 68.7 Å². The van der Waals surface area contributed by atoms with E-state index in [0.717, 1.165) is 36.5 Å². The molecule has 0 amide bonds. The summed E-state index contributed by atoms with van der Waals surface area (Å²) in [4.78, 5) is 0. The molecule has 19 heavy (non-hydrogen) atoms. The quantitative estimate of drug-likeness (QED) is 0.658. The van der Waals surface area contributed by atoms with Gasteiger partial charge in [0.2, 0.25) is 0 Å². The molecule has 1 aliphatic rings. The Labute approximate surface area is 126 Å². The van der Waals surface area contributed by atoms with Crippen molar-refractivity contribution in [2.75, 3.05) is 6.61 Å². The smallest absolute Gasteiger partial charge is 0.0590 e. The molecule has 0 spiro atoms. The molecule has 2 rings (SSSR count). The fraction of sp³-hybridized carbons (Fsp3) is 0.625. The van der Waals surface area contributed by atoms with Crippen molar-refractivity contribution in [3.8, 4) is 0 Å². The van der Waals surface area contributed by atoms with Crippen LogP contribution in [0.4, 0.5) is 0 Å². The lowest BCUT2D eigenvalue weighted by molar-refractivity contribution is -0.0267. The Hall–Kier alpha value is -0.240. The average molecular weight is 301 g/mol. The van der Waals surface area contributed by atoms with E-state index in [4.69, 9.17) is 27.9 Å². The van der Waals surface area contributed by atoms with E-state index in [9.17, 15) is 0 Å². The molecule has 1 saturated carbocycles. The number of hydrogen-bond acceptors (Lipinski definition) is 1. The van der Waals surface area contributed by atoms with Gasteiger partial charge in [0.1, 0.15) is 0 Å². The topological polar surface area (TPSA) is 9.23 Å². The van der Waals surface area contributed by atoms with Crippen LogP contribution in [-0.4, -0.2) is 12.7 Å². The fourth-order valence-corrected chi connectivity index (χ4v) is 3.50. The summed E-state index contributed by atoms with van der Waals surface area (Å²) in [6.45, 7) is 6.98. The van der Waals surface area contributed by atoms with Crippen molar-refractivity contribution in [1.29, 1.82) is 0 Å². The third kappa shape index (κ3) is 3.65. The van der Waals surface area contributed by atoms with Gasteiger partial charge in [-0.3, -0.25) is 0 Å². The first-order valence-corrected chi connectivity index (χ1v) is 7.85. The van der Waals surface area contributed by atoms with Gasteiger partial charge in [0.15, 0.2) is 0 Å². The summed E-state index contributed by atoms with van der Waals surface area (Å²) >= 11 is 12.7. The molecule has 1 aliphatic carbocycles. The third-order valence-electron chi connectivity index (χ3n) is 4.02. The van der Waals surface area contributed by atoms with Crippen LogP contribution in [0.3, 0.4) is 0 Å². The van der Waals surface area contributed by atoms with E-state index in [2.05, 4.69) is 19.9 Å². The molecule has 1 atom stereocenters. The minimum absolute atomic E-state index is 0.0866. The lowest BCUT2D eigenvalue weighted by Crippen LogP contribution is -2.31. The Morgan fingerprint density at radius 3 is 2.58 bits per heavy atom. The molecule has 0 N–H and O–H groups in total. The van der Waals surface area contributed by atoms with E-state index in [1.165, 1.54) is 11.1 Å². The predicted octanol–water partition coefficient (Wildman–Crippen LogP) is 5.44. The highest BCUT2D eigenvalue weighted by Crippen LogP contribution is 2.40. The van der Waals surface area contributed by atoms with Crippen LogP contribution in [0.5, 0.6) is 0 Å². The molecule has 1 fully saturated rings. The SMILES string of the molecule is CCOC1CC(CC(Cl)c2cc(C)c(Cl)cc2C)C1. The minimum atomic E-state index is 0.0866. The fourth-order valence-electron chi connectivity index (χ4n) is 2.80. The maximum Gasteiger partial charge on any atom is 0.0590 e. The second-order valence-electron chi connectivity index (χ2n) is 5.58. The minimum Gasteiger partial charge on any atom is -0.378 e. The van der Waals surface area contributed by atoms with Gasteiger partial charge in [-0.15, -0.1) is 11.6 Å². The van der Waals surface area contributed by atoms with Crippen molar-refractivity contribution >= 4 is 23.2 Å². The molecule has 106 valence electrons. The van der Waals surface area contributed by atoms with Crippen LogP contribution in [-0.2, 0) is 4.74 Å². The van der Waals surface area contributed by atoms with Gasteiger partial charge >= 0.3 is 0 Å². The van der Waals surface area contributed by atoms with Gasteiger partial charge in [0.05, 0.1) is 11.5 Å². The highest BCUT2D eigenvalue weighted by atomic mass is 35.5. The van der Waals surface area contributed by atoms with Gasteiger partial charge in [0.25, 0.3) is 0 Å². The summed E-state index contributed by atoms with van der Waals surface area (Å²) in [7, 11) is 0. The summed E-state index contributed by atoms with van der Waals surface area (Å²) < 4.78 is 5.59. The van der Waals surface area contributed by atoms with E-state index >= 15 is 0 Å². The standard InChI is InChI=1S/C16H22Cl2O/c1-4-19-13-7-12(8-13)9-16(18)14-5-11(3)15(17)6-10(14)2/h5-6,12-13,16H,4,7-9H2,1-3H3. The maximum absolute atomic E-state index is 6.58. The Morgan fingerprint density at radius 2 is 1.95 bits per heavy atom. The lowest BCUT2D eigenvalue weighted by atomic mass is 9.78. The highest BCUT2D eigenvalue weighted by molar-refractivity contribution is 6.31. The molecular formula is C16H22Cl2O. The second-order valence-corrected chi connectivity index (χ2v) is 6.51. The summed E-state index contributed by atoms with van der Waals surface area (Å²) in [5.74, 6) is 0.703. The van der Waals surface area contributed by atoms with Crippen molar-refractivity contribution in [2.45, 2.75) is 51.5 Å². The van der Waals surface area contributed by atoms with E-state index in [-0.39, 0.29) is 5.38 Å². The first kappa shape index (κ1) is 15.2. The first-order chi connectivity index (χ1) is 9.01.